The molecule has 1 saturated heterocycles. The summed E-state index contributed by atoms with van der Waals surface area (Å²) in [6.07, 6.45) is 1.30. The van der Waals surface area contributed by atoms with Crippen molar-refractivity contribution < 1.29 is 23.9 Å². The zero-order chi connectivity index (χ0) is 22.0. The van der Waals surface area contributed by atoms with Crippen LogP contribution in [0, 0.1) is 13.8 Å². The average molecular weight is 408 g/mol. The molecule has 1 fully saturated rings. The first-order valence-electron chi connectivity index (χ1n) is 9.54. The molecule has 3 rings (SSSR count). The number of methoxy groups -OCH3 is 1. The van der Waals surface area contributed by atoms with E-state index in [9.17, 15) is 14.4 Å². The van der Waals surface area contributed by atoms with Crippen LogP contribution in [0.25, 0.3) is 6.08 Å². The molecule has 4 amide bonds. The Balaban J connectivity index is 2.08. The number of nitrogens with zero attached hydrogens (tertiary/aromatic N) is 1. The van der Waals surface area contributed by atoms with Crippen LogP contribution in [-0.2, 0) is 9.59 Å². The number of benzene rings is 2. The third-order valence-corrected chi connectivity index (χ3v) is 4.59. The van der Waals surface area contributed by atoms with Crippen molar-refractivity contribution in [3.05, 3.63) is 58.7 Å². The lowest BCUT2D eigenvalue weighted by Crippen LogP contribution is -2.54. The fourth-order valence-corrected chi connectivity index (χ4v) is 3.11. The van der Waals surface area contributed by atoms with Gasteiger partial charge < -0.3 is 9.47 Å². The fraction of sp³-hybridized carbons (Fsp3) is 0.261. The van der Waals surface area contributed by atoms with Gasteiger partial charge >= 0.3 is 6.03 Å². The minimum Gasteiger partial charge on any atom is -0.497 e. The summed E-state index contributed by atoms with van der Waals surface area (Å²) in [4.78, 5) is 39.1. The number of carbonyl (C=O) groups excluding carboxylic acids is 3. The van der Waals surface area contributed by atoms with Crippen LogP contribution < -0.4 is 19.7 Å². The molecule has 0 bridgehead atoms. The van der Waals surface area contributed by atoms with Crippen molar-refractivity contribution in [3.8, 4) is 11.5 Å². The molecule has 0 aliphatic carbocycles. The highest BCUT2D eigenvalue weighted by molar-refractivity contribution is 6.39. The van der Waals surface area contributed by atoms with Gasteiger partial charge in [-0.3, -0.25) is 14.9 Å². The molecule has 2 aromatic carbocycles. The molecule has 0 spiro atoms. The Labute approximate surface area is 175 Å². The van der Waals surface area contributed by atoms with Gasteiger partial charge in [0.15, 0.2) is 0 Å². The SMILES string of the molecule is COc1ccc(/C=C2\C(=O)NC(=O)N(c3cc(C)ccc3C)C2=O)c(OC(C)C)c1. The van der Waals surface area contributed by atoms with E-state index in [1.54, 1.807) is 38.3 Å². The van der Waals surface area contributed by atoms with Gasteiger partial charge in [0, 0.05) is 11.6 Å². The van der Waals surface area contributed by atoms with Gasteiger partial charge in [-0.05, 0) is 63.1 Å². The Morgan fingerprint density at radius 1 is 1.03 bits per heavy atom. The number of imide groups is 2. The number of carbonyl (C=O) groups is 3. The standard InChI is InChI=1S/C23H24N2O5/c1-13(2)30-20-12-17(29-5)9-8-16(20)11-18-21(26)24-23(28)25(22(18)27)19-10-14(3)6-7-15(19)4/h6-13H,1-5H3,(H,24,26,28)/b18-11+. The summed E-state index contributed by atoms with van der Waals surface area (Å²) in [5, 5.41) is 2.25. The lowest BCUT2D eigenvalue weighted by atomic mass is 10.0. The van der Waals surface area contributed by atoms with Gasteiger partial charge in [0.05, 0.1) is 18.9 Å². The summed E-state index contributed by atoms with van der Waals surface area (Å²) in [6.45, 7) is 7.41. The normalized spacial score (nSPS) is 15.6. The Morgan fingerprint density at radius 3 is 2.43 bits per heavy atom. The van der Waals surface area contributed by atoms with Crippen LogP contribution in [0.4, 0.5) is 10.5 Å². The molecule has 0 atom stereocenters. The molecule has 1 aliphatic rings. The van der Waals surface area contributed by atoms with Crippen molar-refractivity contribution in [2.45, 2.75) is 33.8 Å². The summed E-state index contributed by atoms with van der Waals surface area (Å²) < 4.78 is 11.1. The number of barbiturate groups is 1. The maximum Gasteiger partial charge on any atom is 0.335 e. The van der Waals surface area contributed by atoms with Crippen molar-refractivity contribution in [2.75, 3.05) is 12.0 Å². The summed E-state index contributed by atoms with van der Waals surface area (Å²) in [5.74, 6) is -0.395. The smallest absolute Gasteiger partial charge is 0.335 e. The van der Waals surface area contributed by atoms with E-state index in [4.69, 9.17) is 9.47 Å². The lowest BCUT2D eigenvalue weighted by Gasteiger charge is -2.28. The van der Waals surface area contributed by atoms with Crippen molar-refractivity contribution in [3.63, 3.8) is 0 Å². The predicted octanol–water partition coefficient (Wildman–Crippen LogP) is 3.77. The predicted molar refractivity (Wildman–Crippen MR) is 114 cm³/mol. The second-order valence-electron chi connectivity index (χ2n) is 7.32. The van der Waals surface area contributed by atoms with Gasteiger partial charge in [-0.2, -0.15) is 0 Å². The fourth-order valence-electron chi connectivity index (χ4n) is 3.11. The van der Waals surface area contributed by atoms with E-state index in [0.29, 0.717) is 22.7 Å². The molecule has 1 aliphatic heterocycles. The molecule has 7 heteroatoms. The molecule has 2 aromatic rings. The highest BCUT2D eigenvalue weighted by atomic mass is 16.5. The monoisotopic (exact) mass is 408 g/mol. The highest BCUT2D eigenvalue weighted by Crippen LogP contribution is 2.30. The van der Waals surface area contributed by atoms with Gasteiger partial charge in [0.2, 0.25) is 0 Å². The van der Waals surface area contributed by atoms with Gasteiger partial charge in [0.25, 0.3) is 11.8 Å². The van der Waals surface area contributed by atoms with Crippen LogP contribution in [0.2, 0.25) is 0 Å². The first-order chi connectivity index (χ1) is 14.2. The van der Waals surface area contributed by atoms with E-state index < -0.39 is 17.8 Å². The lowest BCUT2D eigenvalue weighted by molar-refractivity contribution is -0.122. The first-order valence-corrected chi connectivity index (χ1v) is 9.54. The Hall–Kier alpha value is -3.61. The van der Waals surface area contributed by atoms with Crippen LogP contribution in [-0.4, -0.2) is 31.1 Å². The number of amides is 4. The van der Waals surface area contributed by atoms with Gasteiger partial charge in [0.1, 0.15) is 17.1 Å². The largest absolute Gasteiger partial charge is 0.497 e. The maximum atomic E-state index is 13.2. The Bertz CT molecular complexity index is 1060. The third kappa shape index (κ3) is 4.20. The molecule has 0 unspecified atom stereocenters. The zero-order valence-electron chi connectivity index (χ0n) is 17.6. The third-order valence-electron chi connectivity index (χ3n) is 4.59. The average Bonchev–Trinajstić information content (AvgIpc) is 2.68. The number of ether oxygens (including phenoxy) is 2. The Morgan fingerprint density at radius 2 is 1.77 bits per heavy atom. The van der Waals surface area contributed by atoms with E-state index in [-0.39, 0.29) is 11.7 Å². The van der Waals surface area contributed by atoms with Crippen LogP contribution in [0.3, 0.4) is 0 Å². The van der Waals surface area contributed by atoms with Gasteiger partial charge in [-0.25, -0.2) is 9.69 Å². The summed E-state index contributed by atoms with van der Waals surface area (Å²) in [6, 6.07) is 9.76. The maximum absolute atomic E-state index is 13.2. The molecule has 30 heavy (non-hydrogen) atoms. The number of nitrogens with one attached hydrogen (secondary N) is 1. The molecule has 156 valence electrons. The van der Waals surface area contributed by atoms with E-state index in [0.717, 1.165) is 16.0 Å². The number of urea groups is 1. The van der Waals surface area contributed by atoms with Crippen molar-refractivity contribution in [1.82, 2.24) is 5.32 Å². The van der Waals surface area contributed by atoms with Crippen LogP contribution in [0.5, 0.6) is 11.5 Å². The minimum absolute atomic E-state index is 0.127. The number of hydrogen-bond acceptors (Lipinski definition) is 5. The molecule has 7 nitrogen and oxygen atoms in total. The second kappa shape index (κ2) is 8.41. The number of anilines is 1. The minimum atomic E-state index is -0.774. The summed E-state index contributed by atoms with van der Waals surface area (Å²) in [7, 11) is 1.54. The summed E-state index contributed by atoms with van der Waals surface area (Å²) >= 11 is 0. The Kier molecular flexibility index (Phi) is 5.91. The van der Waals surface area contributed by atoms with Crippen molar-refractivity contribution >= 4 is 29.6 Å². The molecule has 0 radical (unpaired) electrons. The zero-order valence-corrected chi connectivity index (χ0v) is 17.6. The van der Waals surface area contributed by atoms with Crippen LogP contribution in [0.1, 0.15) is 30.5 Å². The topological polar surface area (TPSA) is 84.9 Å². The van der Waals surface area contributed by atoms with E-state index >= 15 is 0 Å². The molecular formula is C23H24N2O5. The molecule has 0 saturated carbocycles. The number of aryl methyl sites for hydroxylation is 2. The molecular weight excluding hydrogens is 384 g/mol. The van der Waals surface area contributed by atoms with Gasteiger partial charge in [-0.1, -0.05) is 12.1 Å². The van der Waals surface area contributed by atoms with E-state index in [2.05, 4.69) is 5.32 Å². The van der Waals surface area contributed by atoms with Crippen molar-refractivity contribution in [1.29, 1.82) is 0 Å². The molecule has 1 N–H and O–H groups in total. The van der Waals surface area contributed by atoms with Crippen LogP contribution >= 0.6 is 0 Å². The summed E-state index contributed by atoms with van der Waals surface area (Å²) in [5.41, 5.74) is 2.43. The highest BCUT2D eigenvalue weighted by Gasteiger charge is 2.37. The van der Waals surface area contributed by atoms with Gasteiger partial charge in [-0.15, -0.1) is 0 Å². The van der Waals surface area contributed by atoms with Crippen molar-refractivity contribution in [2.24, 2.45) is 0 Å². The van der Waals surface area contributed by atoms with E-state index in [1.807, 2.05) is 32.9 Å². The number of hydrogen-bond donors (Lipinski definition) is 1. The second-order valence-corrected chi connectivity index (χ2v) is 7.32. The number of rotatable bonds is 5. The van der Waals surface area contributed by atoms with Crippen LogP contribution in [0.15, 0.2) is 42.0 Å². The molecule has 1 heterocycles. The van der Waals surface area contributed by atoms with E-state index in [1.165, 1.54) is 6.08 Å². The quantitative estimate of drug-likeness (QED) is 0.601. The first kappa shape index (κ1) is 21.1. The molecule has 0 aromatic heterocycles.